The summed E-state index contributed by atoms with van der Waals surface area (Å²) in [4.78, 5) is 37.8. The zero-order chi connectivity index (χ0) is 27.0. The van der Waals surface area contributed by atoms with E-state index in [4.69, 9.17) is 4.98 Å². The topological polar surface area (TPSA) is 95.4 Å². The van der Waals surface area contributed by atoms with E-state index < -0.39 is 6.10 Å². The summed E-state index contributed by atoms with van der Waals surface area (Å²) in [7, 11) is 1.84. The second kappa shape index (κ2) is 10.6. The first kappa shape index (κ1) is 26.5. The molecule has 0 saturated heterocycles. The fraction of sp³-hybridized carbons (Fsp3) is 0.467. The van der Waals surface area contributed by atoms with Crippen molar-refractivity contribution in [1.82, 2.24) is 14.9 Å². The van der Waals surface area contributed by atoms with Gasteiger partial charge in [-0.05, 0) is 54.2 Å². The van der Waals surface area contributed by atoms with Crippen LogP contribution in [0.25, 0.3) is 0 Å². The molecule has 2 N–H and O–H groups in total. The molecule has 1 saturated carbocycles. The Hall–Kier alpha value is -3.10. The van der Waals surface area contributed by atoms with Crippen molar-refractivity contribution >= 4 is 28.3 Å². The first-order valence-electron chi connectivity index (χ1n) is 13.4. The van der Waals surface area contributed by atoms with Crippen LogP contribution in [0.5, 0.6) is 0 Å². The molecule has 1 aromatic carbocycles. The van der Waals surface area contributed by atoms with Crippen LogP contribution in [0.1, 0.15) is 66.0 Å². The third-order valence-electron chi connectivity index (χ3n) is 8.76. The van der Waals surface area contributed by atoms with E-state index in [0.29, 0.717) is 17.2 Å². The summed E-state index contributed by atoms with van der Waals surface area (Å²) in [5.74, 6) is -0.500. The van der Waals surface area contributed by atoms with Gasteiger partial charge in [-0.3, -0.25) is 19.9 Å². The van der Waals surface area contributed by atoms with E-state index in [9.17, 15) is 14.7 Å². The summed E-state index contributed by atoms with van der Waals surface area (Å²) in [5, 5.41) is 15.3. The number of carbonyl (C=O) groups excluding carboxylic acids is 2. The highest BCUT2D eigenvalue weighted by Crippen LogP contribution is 2.57. The van der Waals surface area contributed by atoms with Crippen LogP contribution < -0.4 is 5.32 Å². The Morgan fingerprint density at radius 1 is 1.21 bits per heavy atom. The lowest BCUT2D eigenvalue weighted by Crippen LogP contribution is -2.53. The SMILES string of the molecule is CC(C(=O)N(C)Cc1ccccc1)C1CCC2(C)Cc3sc(NC(=O)c4ccncc4)nc3C(C)C2C1O. The fourth-order valence-corrected chi connectivity index (χ4v) is 8.00. The number of benzene rings is 1. The van der Waals surface area contributed by atoms with Crippen molar-refractivity contribution in [2.24, 2.45) is 23.2 Å². The van der Waals surface area contributed by atoms with Gasteiger partial charge in [-0.25, -0.2) is 4.98 Å². The number of pyridine rings is 1. The molecule has 6 atom stereocenters. The van der Waals surface area contributed by atoms with Gasteiger partial charge in [0.05, 0.1) is 11.8 Å². The number of nitrogens with zero attached hydrogens (tertiary/aromatic N) is 3. The van der Waals surface area contributed by atoms with Gasteiger partial charge in [0.1, 0.15) is 0 Å². The zero-order valence-corrected chi connectivity index (χ0v) is 23.2. The molecule has 0 aliphatic heterocycles. The van der Waals surface area contributed by atoms with Gasteiger partial charge in [-0.2, -0.15) is 0 Å². The lowest BCUT2D eigenvalue weighted by Gasteiger charge is -2.53. The van der Waals surface area contributed by atoms with Crippen molar-refractivity contribution in [2.45, 2.75) is 58.6 Å². The molecular formula is C30H36N4O3S. The van der Waals surface area contributed by atoms with Crippen LogP contribution in [-0.4, -0.2) is 44.9 Å². The first-order valence-corrected chi connectivity index (χ1v) is 14.2. The largest absolute Gasteiger partial charge is 0.392 e. The lowest BCUT2D eigenvalue weighted by atomic mass is 9.53. The number of aliphatic hydroxyl groups excluding tert-OH is 1. The second-order valence-corrected chi connectivity index (χ2v) is 12.4. The quantitative estimate of drug-likeness (QED) is 0.459. The molecule has 2 aromatic heterocycles. The van der Waals surface area contributed by atoms with Gasteiger partial charge in [0.2, 0.25) is 5.91 Å². The number of fused-ring (bicyclic) bond motifs is 2. The minimum absolute atomic E-state index is 0.00530. The summed E-state index contributed by atoms with van der Waals surface area (Å²) >= 11 is 1.53. The highest BCUT2D eigenvalue weighted by Gasteiger charge is 2.54. The molecule has 2 aliphatic rings. The summed E-state index contributed by atoms with van der Waals surface area (Å²) < 4.78 is 0. The first-order chi connectivity index (χ1) is 18.2. The van der Waals surface area contributed by atoms with E-state index in [0.717, 1.165) is 30.5 Å². The molecule has 6 unspecified atom stereocenters. The summed E-state index contributed by atoms with van der Waals surface area (Å²) in [6.07, 6.45) is 5.17. The normalized spacial score (nSPS) is 27.1. The number of hydrogen-bond acceptors (Lipinski definition) is 6. The molecule has 2 heterocycles. The van der Waals surface area contributed by atoms with Gasteiger partial charge in [0.25, 0.3) is 5.91 Å². The van der Waals surface area contributed by atoms with Gasteiger partial charge in [0.15, 0.2) is 5.13 Å². The van der Waals surface area contributed by atoms with Gasteiger partial charge in [0, 0.05) is 48.3 Å². The van der Waals surface area contributed by atoms with E-state index in [1.165, 1.54) is 16.2 Å². The molecule has 2 amide bonds. The number of rotatable bonds is 6. The number of nitrogens with one attached hydrogen (secondary N) is 1. The molecule has 2 aliphatic carbocycles. The predicted molar refractivity (Wildman–Crippen MR) is 149 cm³/mol. The van der Waals surface area contributed by atoms with E-state index in [-0.39, 0.29) is 40.9 Å². The molecule has 0 spiro atoms. The zero-order valence-electron chi connectivity index (χ0n) is 22.4. The maximum atomic E-state index is 13.4. The van der Waals surface area contributed by atoms with Crippen molar-refractivity contribution < 1.29 is 14.7 Å². The minimum atomic E-state index is -0.600. The molecular weight excluding hydrogens is 496 g/mol. The third kappa shape index (κ3) is 4.99. The Bertz CT molecular complexity index is 1300. The van der Waals surface area contributed by atoms with Crippen LogP contribution in [0.4, 0.5) is 5.13 Å². The highest BCUT2D eigenvalue weighted by atomic mass is 32.1. The monoisotopic (exact) mass is 532 g/mol. The number of carbonyl (C=O) groups is 2. The Morgan fingerprint density at radius 2 is 1.92 bits per heavy atom. The van der Waals surface area contributed by atoms with Crippen molar-refractivity contribution in [2.75, 3.05) is 12.4 Å². The molecule has 3 aromatic rings. The van der Waals surface area contributed by atoms with Crippen LogP contribution in [0.15, 0.2) is 54.9 Å². The average molecular weight is 533 g/mol. The van der Waals surface area contributed by atoms with Crippen LogP contribution in [0, 0.1) is 23.2 Å². The van der Waals surface area contributed by atoms with E-state index in [1.54, 1.807) is 29.4 Å². The number of anilines is 1. The van der Waals surface area contributed by atoms with Crippen molar-refractivity contribution in [3.05, 3.63) is 76.6 Å². The van der Waals surface area contributed by atoms with Gasteiger partial charge < -0.3 is 10.0 Å². The molecule has 8 heteroatoms. The van der Waals surface area contributed by atoms with Crippen LogP contribution in [-0.2, 0) is 17.8 Å². The highest BCUT2D eigenvalue weighted by molar-refractivity contribution is 7.15. The van der Waals surface area contributed by atoms with E-state index >= 15 is 0 Å². The van der Waals surface area contributed by atoms with Crippen LogP contribution >= 0.6 is 11.3 Å². The van der Waals surface area contributed by atoms with E-state index in [2.05, 4.69) is 24.1 Å². The number of aliphatic hydroxyl groups is 1. The molecule has 38 heavy (non-hydrogen) atoms. The minimum Gasteiger partial charge on any atom is -0.392 e. The molecule has 7 nitrogen and oxygen atoms in total. The molecule has 0 bridgehead atoms. The Kier molecular flexibility index (Phi) is 7.38. The standard InChI is InChI=1S/C30H36N4O3S/c1-18(28(37)34(4)17-20-8-6-5-7-9-20)22-10-13-30(3)16-23-25(19(2)24(30)26(22)35)32-29(38-23)33-27(36)21-11-14-31-15-12-21/h5-9,11-12,14-15,18-19,22,24,26,35H,10,13,16-17H2,1-4H3,(H,32,33,36). The number of thiazole rings is 1. The maximum Gasteiger partial charge on any atom is 0.257 e. The van der Waals surface area contributed by atoms with Crippen LogP contribution in [0.3, 0.4) is 0 Å². The Balaban J connectivity index is 1.31. The number of hydrogen-bond donors (Lipinski definition) is 2. The van der Waals surface area contributed by atoms with Crippen LogP contribution in [0.2, 0.25) is 0 Å². The molecule has 5 rings (SSSR count). The van der Waals surface area contributed by atoms with E-state index in [1.807, 2.05) is 44.3 Å². The Morgan fingerprint density at radius 3 is 2.63 bits per heavy atom. The van der Waals surface area contributed by atoms with Crippen molar-refractivity contribution in [3.63, 3.8) is 0 Å². The smallest absolute Gasteiger partial charge is 0.257 e. The summed E-state index contributed by atoms with van der Waals surface area (Å²) in [6, 6.07) is 13.3. The maximum absolute atomic E-state index is 13.4. The van der Waals surface area contributed by atoms with Gasteiger partial charge >= 0.3 is 0 Å². The second-order valence-electron chi connectivity index (χ2n) is 11.3. The molecule has 0 radical (unpaired) electrons. The number of amides is 2. The average Bonchev–Trinajstić information content (AvgIpc) is 3.30. The van der Waals surface area contributed by atoms with Crippen molar-refractivity contribution in [1.29, 1.82) is 0 Å². The molecule has 1 fully saturated rings. The summed E-state index contributed by atoms with van der Waals surface area (Å²) in [5.41, 5.74) is 2.51. The lowest BCUT2D eigenvalue weighted by molar-refractivity contribution is -0.144. The number of aromatic nitrogens is 2. The third-order valence-corrected chi connectivity index (χ3v) is 9.74. The van der Waals surface area contributed by atoms with Gasteiger partial charge in [-0.1, -0.05) is 51.1 Å². The summed E-state index contributed by atoms with van der Waals surface area (Å²) in [6.45, 7) is 6.92. The van der Waals surface area contributed by atoms with Gasteiger partial charge in [-0.15, -0.1) is 11.3 Å². The predicted octanol–water partition coefficient (Wildman–Crippen LogP) is 5.14. The van der Waals surface area contributed by atoms with Crippen molar-refractivity contribution in [3.8, 4) is 0 Å². The Labute approximate surface area is 228 Å². The molecule has 200 valence electrons. The fourth-order valence-electron chi connectivity index (χ4n) is 6.74.